The summed E-state index contributed by atoms with van der Waals surface area (Å²) in [6.45, 7) is 0.583. The van der Waals surface area contributed by atoms with E-state index in [9.17, 15) is 23.9 Å². The molecule has 1 spiro atoms. The molecule has 8 heteroatoms. The lowest BCUT2D eigenvalue weighted by molar-refractivity contribution is -0.145. The van der Waals surface area contributed by atoms with Gasteiger partial charge in [0.25, 0.3) is 5.91 Å². The first-order chi connectivity index (χ1) is 12.3. The van der Waals surface area contributed by atoms with Gasteiger partial charge in [-0.2, -0.15) is 0 Å². The first-order valence-electron chi connectivity index (χ1n) is 8.42. The number of carbonyl (C=O) groups excluding carboxylic acids is 2. The summed E-state index contributed by atoms with van der Waals surface area (Å²) in [6.07, 6.45) is 0.725. The predicted octanol–water partition coefficient (Wildman–Crippen LogP) is 1.37. The van der Waals surface area contributed by atoms with Crippen LogP contribution >= 0.6 is 0 Å². The van der Waals surface area contributed by atoms with Crippen molar-refractivity contribution >= 4 is 17.8 Å². The molecular weight excluding hydrogens is 343 g/mol. The number of nitrogens with zero attached hydrogens (tertiary/aromatic N) is 2. The third kappa shape index (κ3) is 2.79. The van der Waals surface area contributed by atoms with Gasteiger partial charge in [-0.25, -0.2) is 4.39 Å². The molecule has 0 aromatic heterocycles. The van der Waals surface area contributed by atoms with Crippen LogP contribution in [0.1, 0.15) is 29.6 Å². The summed E-state index contributed by atoms with van der Waals surface area (Å²) in [5, 5.41) is 9.50. The van der Waals surface area contributed by atoms with Gasteiger partial charge in [-0.1, -0.05) is 0 Å². The van der Waals surface area contributed by atoms with Gasteiger partial charge in [-0.05, 0) is 31.0 Å². The van der Waals surface area contributed by atoms with Crippen molar-refractivity contribution in [2.24, 2.45) is 5.92 Å². The minimum absolute atomic E-state index is 0.0164. The molecule has 2 fully saturated rings. The van der Waals surface area contributed by atoms with Crippen LogP contribution < -0.4 is 4.74 Å². The number of ether oxygens (including phenoxy) is 1. The molecule has 0 bridgehead atoms. The van der Waals surface area contributed by atoms with Crippen LogP contribution in [0, 0.1) is 11.7 Å². The Hall–Kier alpha value is -2.64. The van der Waals surface area contributed by atoms with E-state index in [0.29, 0.717) is 25.9 Å². The zero-order chi connectivity index (χ0) is 19.1. The van der Waals surface area contributed by atoms with Crippen LogP contribution in [-0.4, -0.2) is 65.5 Å². The summed E-state index contributed by atoms with van der Waals surface area (Å²) in [4.78, 5) is 39.5. The van der Waals surface area contributed by atoms with E-state index in [2.05, 4.69) is 0 Å². The number of hydrogen-bond acceptors (Lipinski definition) is 4. The smallest absolute Gasteiger partial charge is 0.309 e. The van der Waals surface area contributed by atoms with Gasteiger partial charge in [0, 0.05) is 26.6 Å². The number of carboxylic acid groups (broad SMARTS) is 1. The Kier molecular flexibility index (Phi) is 4.60. The molecule has 1 N–H and O–H groups in total. The van der Waals surface area contributed by atoms with Crippen LogP contribution in [0.5, 0.6) is 5.75 Å². The molecule has 140 valence electrons. The van der Waals surface area contributed by atoms with Gasteiger partial charge in [-0.15, -0.1) is 0 Å². The lowest BCUT2D eigenvalue weighted by Gasteiger charge is -2.45. The second-order valence-electron chi connectivity index (χ2n) is 6.79. The lowest BCUT2D eigenvalue weighted by atomic mass is 9.77. The van der Waals surface area contributed by atoms with E-state index >= 15 is 0 Å². The highest BCUT2D eigenvalue weighted by atomic mass is 19.1. The second-order valence-corrected chi connectivity index (χ2v) is 6.79. The van der Waals surface area contributed by atoms with E-state index in [-0.39, 0.29) is 29.5 Å². The van der Waals surface area contributed by atoms with Gasteiger partial charge in [0.2, 0.25) is 5.91 Å². The zero-order valence-electron chi connectivity index (χ0n) is 14.7. The van der Waals surface area contributed by atoms with Crippen LogP contribution in [0.15, 0.2) is 18.2 Å². The van der Waals surface area contributed by atoms with E-state index in [1.807, 2.05) is 0 Å². The second kappa shape index (κ2) is 6.59. The average molecular weight is 364 g/mol. The molecule has 2 aliphatic heterocycles. The Balaban J connectivity index is 1.80. The van der Waals surface area contributed by atoms with Gasteiger partial charge >= 0.3 is 5.97 Å². The fraction of sp³-hybridized carbons (Fsp3) is 0.500. The molecular formula is C18H21FN2O5. The summed E-state index contributed by atoms with van der Waals surface area (Å²) >= 11 is 0. The number of hydrogen-bond donors (Lipinski definition) is 1. The van der Waals surface area contributed by atoms with Gasteiger partial charge in [0.1, 0.15) is 11.6 Å². The number of aliphatic carboxylic acids is 1. The SMILES string of the molecule is COc1ccc(F)cc1C(=O)N1CCC2(CC1)[C@H](C(=O)O)CC(=O)N2C. The number of carboxylic acids is 1. The van der Waals surface area contributed by atoms with Gasteiger partial charge in [0.05, 0.1) is 24.1 Å². The molecule has 0 saturated carbocycles. The van der Waals surface area contributed by atoms with Gasteiger partial charge in [-0.3, -0.25) is 14.4 Å². The van der Waals surface area contributed by atoms with Crippen molar-refractivity contribution in [2.75, 3.05) is 27.2 Å². The first-order valence-corrected chi connectivity index (χ1v) is 8.42. The molecule has 0 radical (unpaired) electrons. The summed E-state index contributed by atoms with van der Waals surface area (Å²) in [6, 6.07) is 3.76. The highest BCUT2D eigenvalue weighted by molar-refractivity contribution is 5.97. The van der Waals surface area contributed by atoms with Crippen molar-refractivity contribution in [1.29, 1.82) is 0 Å². The van der Waals surface area contributed by atoms with E-state index in [1.165, 1.54) is 24.1 Å². The van der Waals surface area contributed by atoms with E-state index in [0.717, 1.165) is 6.07 Å². The van der Waals surface area contributed by atoms with Crippen LogP contribution in [0.2, 0.25) is 0 Å². The molecule has 2 aliphatic rings. The minimum atomic E-state index is -0.991. The minimum Gasteiger partial charge on any atom is -0.496 e. The summed E-state index contributed by atoms with van der Waals surface area (Å²) in [5.41, 5.74) is -0.639. The van der Waals surface area contributed by atoms with Crippen LogP contribution in [-0.2, 0) is 9.59 Å². The lowest BCUT2D eigenvalue weighted by Crippen LogP contribution is -2.57. The van der Waals surface area contributed by atoms with E-state index in [4.69, 9.17) is 4.74 Å². The maximum atomic E-state index is 13.6. The number of piperidine rings is 1. The maximum Gasteiger partial charge on any atom is 0.309 e. The highest BCUT2D eigenvalue weighted by Gasteiger charge is 2.55. The molecule has 2 amide bonds. The van der Waals surface area contributed by atoms with Crippen LogP contribution in [0.4, 0.5) is 4.39 Å². The Bertz CT molecular complexity index is 758. The normalized spacial score (nSPS) is 22.0. The maximum absolute atomic E-state index is 13.6. The topological polar surface area (TPSA) is 87.1 Å². The molecule has 26 heavy (non-hydrogen) atoms. The first kappa shape index (κ1) is 18.2. The Morgan fingerprint density at radius 2 is 1.96 bits per heavy atom. The molecule has 2 saturated heterocycles. The standard InChI is InChI=1S/C18H21FN2O5/c1-20-15(22)10-13(17(24)25)18(20)5-7-21(8-6-18)16(23)12-9-11(19)3-4-14(12)26-2/h3-4,9,13H,5-8,10H2,1-2H3,(H,24,25)/t13-/m0/s1. The van der Waals surface area contributed by atoms with Gasteiger partial charge < -0.3 is 19.6 Å². The zero-order valence-corrected chi connectivity index (χ0v) is 14.7. The molecule has 0 aliphatic carbocycles. The predicted molar refractivity (Wildman–Crippen MR) is 89.3 cm³/mol. The fourth-order valence-corrected chi connectivity index (χ4v) is 4.10. The van der Waals surface area contributed by atoms with Crippen molar-refractivity contribution in [1.82, 2.24) is 9.80 Å². The van der Waals surface area contributed by atoms with Gasteiger partial charge in [0.15, 0.2) is 0 Å². The number of amides is 2. The van der Waals surface area contributed by atoms with Crippen molar-refractivity contribution in [3.8, 4) is 5.75 Å². The molecule has 1 aromatic rings. The average Bonchev–Trinajstić information content (AvgIpc) is 2.87. The molecule has 2 heterocycles. The largest absolute Gasteiger partial charge is 0.496 e. The van der Waals surface area contributed by atoms with E-state index < -0.39 is 23.2 Å². The van der Waals surface area contributed by atoms with Crippen LogP contribution in [0.25, 0.3) is 0 Å². The number of likely N-dealkylation sites (tertiary alicyclic amines) is 2. The van der Waals surface area contributed by atoms with Crippen molar-refractivity contribution in [3.05, 3.63) is 29.6 Å². The summed E-state index contributed by atoms with van der Waals surface area (Å²) < 4.78 is 18.7. The third-order valence-electron chi connectivity index (χ3n) is 5.68. The molecule has 1 aromatic carbocycles. The summed E-state index contributed by atoms with van der Waals surface area (Å²) in [5.74, 6) is -2.57. The number of carbonyl (C=O) groups is 3. The number of methoxy groups -OCH3 is 1. The molecule has 0 unspecified atom stereocenters. The monoisotopic (exact) mass is 364 g/mol. The van der Waals surface area contributed by atoms with Crippen LogP contribution in [0.3, 0.4) is 0 Å². The number of benzene rings is 1. The van der Waals surface area contributed by atoms with E-state index in [1.54, 1.807) is 11.9 Å². The van der Waals surface area contributed by atoms with Crippen molar-refractivity contribution < 1.29 is 28.6 Å². The summed E-state index contributed by atoms with van der Waals surface area (Å²) in [7, 11) is 3.03. The Labute approximate surface area is 150 Å². The highest BCUT2D eigenvalue weighted by Crippen LogP contribution is 2.43. The Morgan fingerprint density at radius 3 is 2.54 bits per heavy atom. The molecule has 7 nitrogen and oxygen atoms in total. The number of halogens is 1. The van der Waals surface area contributed by atoms with Crippen molar-refractivity contribution in [3.63, 3.8) is 0 Å². The third-order valence-corrected chi connectivity index (χ3v) is 5.68. The molecule has 3 rings (SSSR count). The Morgan fingerprint density at radius 1 is 1.31 bits per heavy atom. The fourth-order valence-electron chi connectivity index (χ4n) is 4.10. The quantitative estimate of drug-likeness (QED) is 0.875. The van der Waals surface area contributed by atoms with Crippen molar-refractivity contribution in [2.45, 2.75) is 24.8 Å². The molecule has 1 atom stereocenters. The number of rotatable bonds is 3.